The van der Waals surface area contributed by atoms with Crippen molar-refractivity contribution in [3.8, 4) is 0 Å². The SMILES string of the molecule is Cc1nccnc1C(C)Nc1cnns1. The molecule has 0 fully saturated rings. The highest BCUT2D eigenvalue weighted by Gasteiger charge is 2.10. The summed E-state index contributed by atoms with van der Waals surface area (Å²) in [4.78, 5) is 8.50. The van der Waals surface area contributed by atoms with Crippen molar-refractivity contribution in [3.05, 3.63) is 30.0 Å². The monoisotopic (exact) mass is 221 g/mol. The average Bonchev–Trinajstić information content (AvgIpc) is 2.71. The molecule has 0 aliphatic carbocycles. The van der Waals surface area contributed by atoms with Crippen molar-refractivity contribution in [2.45, 2.75) is 19.9 Å². The van der Waals surface area contributed by atoms with Crippen LogP contribution >= 0.6 is 11.5 Å². The quantitative estimate of drug-likeness (QED) is 0.856. The van der Waals surface area contributed by atoms with E-state index in [2.05, 4.69) is 24.9 Å². The van der Waals surface area contributed by atoms with Crippen LogP contribution in [0.3, 0.4) is 0 Å². The lowest BCUT2D eigenvalue weighted by Crippen LogP contribution is -2.10. The molecule has 0 radical (unpaired) electrons. The van der Waals surface area contributed by atoms with E-state index in [4.69, 9.17) is 0 Å². The molecule has 2 heterocycles. The fourth-order valence-electron chi connectivity index (χ4n) is 1.36. The summed E-state index contributed by atoms with van der Waals surface area (Å²) in [5.74, 6) is 0. The summed E-state index contributed by atoms with van der Waals surface area (Å²) in [6, 6.07) is 0.112. The summed E-state index contributed by atoms with van der Waals surface area (Å²) >= 11 is 1.33. The summed E-state index contributed by atoms with van der Waals surface area (Å²) < 4.78 is 3.78. The van der Waals surface area contributed by atoms with Crippen LogP contribution < -0.4 is 5.32 Å². The first-order valence-electron chi connectivity index (χ1n) is 4.59. The molecule has 0 spiro atoms. The molecule has 1 N–H and O–H groups in total. The van der Waals surface area contributed by atoms with Gasteiger partial charge in [-0.05, 0) is 13.8 Å². The fourth-order valence-corrected chi connectivity index (χ4v) is 1.86. The number of aryl methyl sites for hydroxylation is 1. The number of hydrogen-bond acceptors (Lipinski definition) is 6. The Morgan fingerprint density at radius 2 is 2.13 bits per heavy atom. The molecule has 5 nitrogen and oxygen atoms in total. The molecule has 0 bridgehead atoms. The Hall–Kier alpha value is -1.56. The Balaban J connectivity index is 2.15. The molecule has 2 aromatic heterocycles. The van der Waals surface area contributed by atoms with Gasteiger partial charge in [-0.3, -0.25) is 9.97 Å². The maximum absolute atomic E-state index is 4.30. The Morgan fingerprint density at radius 1 is 1.33 bits per heavy atom. The lowest BCUT2D eigenvalue weighted by atomic mass is 10.2. The lowest BCUT2D eigenvalue weighted by molar-refractivity contribution is 0.812. The normalized spacial score (nSPS) is 12.4. The first-order chi connectivity index (χ1) is 7.27. The zero-order chi connectivity index (χ0) is 10.7. The molecule has 6 heteroatoms. The minimum absolute atomic E-state index is 0.112. The van der Waals surface area contributed by atoms with E-state index >= 15 is 0 Å². The van der Waals surface area contributed by atoms with Crippen molar-refractivity contribution >= 4 is 16.5 Å². The van der Waals surface area contributed by atoms with Crippen molar-refractivity contribution < 1.29 is 0 Å². The number of aromatic nitrogens is 4. The van der Waals surface area contributed by atoms with Crippen LogP contribution in [0.15, 0.2) is 18.6 Å². The summed E-state index contributed by atoms with van der Waals surface area (Å²) in [7, 11) is 0. The molecule has 0 amide bonds. The molecule has 15 heavy (non-hydrogen) atoms. The second-order valence-corrected chi connectivity index (χ2v) is 3.96. The van der Waals surface area contributed by atoms with E-state index in [1.807, 2.05) is 13.8 Å². The van der Waals surface area contributed by atoms with Crippen LogP contribution in [0.5, 0.6) is 0 Å². The molecular weight excluding hydrogens is 210 g/mol. The highest BCUT2D eigenvalue weighted by molar-refractivity contribution is 7.09. The molecule has 2 aromatic rings. The van der Waals surface area contributed by atoms with Gasteiger partial charge in [0, 0.05) is 23.9 Å². The van der Waals surface area contributed by atoms with Crippen molar-refractivity contribution in [3.63, 3.8) is 0 Å². The summed E-state index contributed by atoms with van der Waals surface area (Å²) in [5.41, 5.74) is 1.89. The van der Waals surface area contributed by atoms with Gasteiger partial charge in [0.15, 0.2) is 0 Å². The Labute approximate surface area is 91.8 Å². The highest BCUT2D eigenvalue weighted by Crippen LogP contribution is 2.20. The predicted molar refractivity (Wildman–Crippen MR) is 58.7 cm³/mol. The molecule has 0 saturated carbocycles. The van der Waals surface area contributed by atoms with Crippen LogP contribution in [0.2, 0.25) is 0 Å². The lowest BCUT2D eigenvalue weighted by Gasteiger charge is -2.13. The number of rotatable bonds is 3. The van der Waals surface area contributed by atoms with E-state index in [-0.39, 0.29) is 6.04 Å². The van der Waals surface area contributed by atoms with Crippen molar-refractivity contribution in [1.82, 2.24) is 19.6 Å². The van der Waals surface area contributed by atoms with E-state index in [0.717, 1.165) is 16.4 Å². The van der Waals surface area contributed by atoms with Gasteiger partial charge in [0.05, 0.1) is 23.6 Å². The summed E-state index contributed by atoms with van der Waals surface area (Å²) in [6.07, 6.45) is 5.10. The first kappa shape index (κ1) is 9.97. The van der Waals surface area contributed by atoms with Gasteiger partial charge in [-0.1, -0.05) is 4.49 Å². The fraction of sp³-hybridized carbons (Fsp3) is 0.333. The molecular formula is C9H11N5S. The molecule has 1 atom stereocenters. The van der Waals surface area contributed by atoms with Gasteiger partial charge < -0.3 is 5.32 Å². The Bertz CT molecular complexity index is 428. The first-order valence-corrected chi connectivity index (χ1v) is 5.36. The zero-order valence-corrected chi connectivity index (χ0v) is 9.32. The van der Waals surface area contributed by atoms with Crippen LogP contribution in [-0.2, 0) is 0 Å². The van der Waals surface area contributed by atoms with Crippen LogP contribution in [0.25, 0.3) is 0 Å². The van der Waals surface area contributed by atoms with Gasteiger partial charge in [0.2, 0.25) is 0 Å². The predicted octanol–water partition coefficient (Wildman–Crippen LogP) is 1.81. The van der Waals surface area contributed by atoms with E-state index in [1.54, 1.807) is 18.6 Å². The van der Waals surface area contributed by atoms with E-state index < -0.39 is 0 Å². The maximum atomic E-state index is 4.30. The minimum Gasteiger partial charge on any atom is -0.366 e. The number of anilines is 1. The molecule has 1 unspecified atom stereocenters. The molecule has 0 aromatic carbocycles. The second-order valence-electron chi connectivity index (χ2n) is 3.17. The minimum atomic E-state index is 0.112. The van der Waals surface area contributed by atoms with Gasteiger partial charge in [-0.25, -0.2) is 0 Å². The van der Waals surface area contributed by atoms with Crippen LogP contribution in [-0.4, -0.2) is 19.6 Å². The van der Waals surface area contributed by atoms with Crippen LogP contribution in [0, 0.1) is 6.92 Å². The Morgan fingerprint density at radius 3 is 2.80 bits per heavy atom. The Kier molecular flexibility index (Phi) is 2.86. The number of nitrogens with one attached hydrogen (secondary N) is 1. The molecule has 0 aliphatic rings. The van der Waals surface area contributed by atoms with Gasteiger partial charge in [0.1, 0.15) is 5.00 Å². The average molecular weight is 221 g/mol. The topological polar surface area (TPSA) is 63.6 Å². The number of nitrogens with zero attached hydrogens (tertiary/aromatic N) is 4. The van der Waals surface area contributed by atoms with Gasteiger partial charge in [-0.15, -0.1) is 5.10 Å². The highest BCUT2D eigenvalue weighted by atomic mass is 32.1. The van der Waals surface area contributed by atoms with Crippen LogP contribution in [0.4, 0.5) is 5.00 Å². The van der Waals surface area contributed by atoms with Crippen molar-refractivity contribution in [1.29, 1.82) is 0 Å². The molecule has 0 saturated heterocycles. The maximum Gasteiger partial charge on any atom is 0.130 e. The zero-order valence-electron chi connectivity index (χ0n) is 8.51. The smallest absolute Gasteiger partial charge is 0.130 e. The van der Waals surface area contributed by atoms with Gasteiger partial charge in [-0.2, -0.15) is 0 Å². The third kappa shape index (κ3) is 2.27. The third-order valence-corrected chi connectivity index (χ3v) is 2.65. The van der Waals surface area contributed by atoms with E-state index in [0.29, 0.717) is 0 Å². The standard InChI is InChI=1S/C9H11N5S/c1-6-9(11-4-3-10-6)7(2)13-8-5-12-14-15-8/h3-5,7,13H,1-2H3. The number of hydrogen-bond donors (Lipinski definition) is 1. The summed E-state index contributed by atoms with van der Waals surface area (Å²) in [6.45, 7) is 3.99. The van der Waals surface area contributed by atoms with Crippen molar-refractivity contribution in [2.75, 3.05) is 5.32 Å². The van der Waals surface area contributed by atoms with E-state index in [1.165, 1.54) is 11.5 Å². The third-order valence-electron chi connectivity index (χ3n) is 2.05. The van der Waals surface area contributed by atoms with Crippen LogP contribution in [0.1, 0.15) is 24.4 Å². The van der Waals surface area contributed by atoms with E-state index in [9.17, 15) is 0 Å². The summed E-state index contributed by atoms with van der Waals surface area (Å²) in [5, 5.41) is 7.97. The second kappa shape index (κ2) is 4.31. The van der Waals surface area contributed by atoms with Gasteiger partial charge >= 0.3 is 0 Å². The van der Waals surface area contributed by atoms with Gasteiger partial charge in [0.25, 0.3) is 0 Å². The molecule has 78 valence electrons. The molecule has 2 rings (SSSR count). The van der Waals surface area contributed by atoms with Crippen molar-refractivity contribution in [2.24, 2.45) is 0 Å². The largest absolute Gasteiger partial charge is 0.366 e. The molecule has 0 aliphatic heterocycles.